The van der Waals surface area contributed by atoms with E-state index in [1.165, 1.54) is 14.0 Å². The smallest absolute Gasteiger partial charge is 0.258 e. The summed E-state index contributed by atoms with van der Waals surface area (Å²) in [6.45, 7) is 5.23. The number of benzene rings is 2. The van der Waals surface area contributed by atoms with Gasteiger partial charge in [-0.3, -0.25) is 14.5 Å². The first kappa shape index (κ1) is 22.3. The molecule has 2 aromatic carbocycles. The molecule has 0 saturated carbocycles. The van der Waals surface area contributed by atoms with E-state index < -0.39 is 0 Å². The van der Waals surface area contributed by atoms with Crippen LogP contribution < -0.4 is 19.8 Å². The summed E-state index contributed by atoms with van der Waals surface area (Å²) in [7, 11) is 4.67. The molecule has 164 valence electrons. The molecule has 0 aliphatic carbocycles. The molecule has 3 aromatic rings. The number of methoxy groups -OCH3 is 3. The van der Waals surface area contributed by atoms with Crippen LogP contribution in [0.2, 0.25) is 0 Å². The monoisotopic (exact) mass is 425 g/mol. The van der Waals surface area contributed by atoms with Crippen molar-refractivity contribution in [3.8, 4) is 17.2 Å². The molecule has 8 heteroatoms. The molecule has 1 heterocycles. The lowest BCUT2D eigenvalue weighted by atomic mass is 10.1. The van der Waals surface area contributed by atoms with Gasteiger partial charge in [-0.1, -0.05) is 6.92 Å². The van der Waals surface area contributed by atoms with Gasteiger partial charge in [0, 0.05) is 23.7 Å². The van der Waals surface area contributed by atoms with Crippen LogP contribution in [0.1, 0.15) is 35.6 Å². The predicted octanol–water partition coefficient (Wildman–Crippen LogP) is 3.17. The number of hydrogen-bond acceptors (Lipinski definition) is 7. The number of carbonyl (C=O) groups is 1. The van der Waals surface area contributed by atoms with Gasteiger partial charge >= 0.3 is 0 Å². The number of aromatic nitrogens is 2. The molecule has 1 N–H and O–H groups in total. The average molecular weight is 425 g/mol. The van der Waals surface area contributed by atoms with Crippen LogP contribution in [0, 0.1) is 0 Å². The molecule has 31 heavy (non-hydrogen) atoms. The molecule has 0 aliphatic rings. The number of H-pyrrole nitrogens is 1. The molecule has 0 radical (unpaired) electrons. The van der Waals surface area contributed by atoms with Gasteiger partial charge in [0.1, 0.15) is 11.6 Å². The van der Waals surface area contributed by atoms with Crippen molar-refractivity contribution in [1.82, 2.24) is 14.9 Å². The van der Waals surface area contributed by atoms with Crippen LogP contribution >= 0.6 is 0 Å². The minimum Gasteiger partial charge on any atom is -0.496 e. The molecular weight excluding hydrogens is 398 g/mol. The highest BCUT2D eigenvalue weighted by atomic mass is 16.5. The van der Waals surface area contributed by atoms with E-state index in [1.54, 1.807) is 38.5 Å². The van der Waals surface area contributed by atoms with Crippen molar-refractivity contribution in [3.05, 3.63) is 57.6 Å². The Morgan fingerprint density at radius 1 is 1.00 bits per heavy atom. The van der Waals surface area contributed by atoms with Gasteiger partial charge in [0.15, 0.2) is 17.3 Å². The van der Waals surface area contributed by atoms with E-state index in [0.717, 1.165) is 5.56 Å². The van der Waals surface area contributed by atoms with Gasteiger partial charge in [0.25, 0.3) is 5.56 Å². The van der Waals surface area contributed by atoms with Gasteiger partial charge < -0.3 is 19.2 Å². The molecule has 0 atom stereocenters. The molecule has 0 spiro atoms. The number of fused-ring (bicyclic) bond motifs is 1. The SMILES string of the molecule is CCN(Cc1nc2cc(OC)c(OC)cc2c(=O)[nH]1)Cc1cc(C(C)=O)ccc1OC. The summed E-state index contributed by atoms with van der Waals surface area (Å²) in [5.74, 6) is 2.23. The Hall–Kier alpha value is -3.39. The lowest BCUT2D eigenvalue weighted by Crippen LogP contribution is -2.25. The third-order valence-electron chi connectivity index (χ3n) is 5.16. The van der Waals surface area contributed by atoms with Crippen LogP contribution in [0.5, 0.6) is 17.2 Å². The Balaban J connectivity index is 1.92. The molecular formula is C23H27N3O5. The maximum Gasteiger partial charge on any atom is 0.258 e. The van der Waals surface area contributed by atoms with Crippen LogP contribution in [-0.4, -0.2) is 48.5 Å². The van der Waals surface area contributed by atoms with Crippen LogP contribution in [0.4, 0.5) is 0 Å². The molecule has 8 nitrogen and oxygen atoms in total. The van der Waals surface area contributed by atoms with Crippen molar-refractivity contribution in [2.24, 2.45) is 0 Å². The first-order valence-corrected chi connectivity index (χ1v) is 9.95. The molecule has 1 aromatic heterocycles. The molecule has 0 aliphatic heterocycles. The number of ketones is 1. The molecule has 0 unspecified atom stereocenters. The summed E-state index contributed by atoms with van der Waals surface area (Å²) in [5.41, 5.74) is 1.81. The zero-order valence-electron chi connectivity index (χ0n) is 18.4. The van der Waals surface area contributed by atoms with Crippen molar-refractivity contribution in [2.75, 3.05) is 27.9 Å². The number of rotatable bonds is 9. The predicted molar refractivity (Wildman–Crippen MR) is 118 cm³/mol. The van der Waals surface area contributed by atoms with E-state index in [-0.39, 0.29) is 11.3 Å². The highest BCUT2D eigenvalue weighted by Crippen LogP contribution is 2.30. The number of nitrogens with zero attached hydrogens (tertiary/aromatic N) is 2. The maximum atomic E-state index is 12.6. The second kappa shape index (κ2) is 9.61. The number of nitrogens with one attached hydrogen (secondary N) is 1. The molecule has 0 bridgehead atoms. The highest BCUT2D eigenvalue weighted by Gasteiger charge is 2.15. The molecule has 0 amide bonds. The summed E-state index contributed by atoms with van der Waals surface area (Å²) in [6.07, 6.45) is 0. The number of carbonyl (C=O) groups excluding carboxylic acids is 1. The standard InChI is InChI=1S/C23H27N3O5/c1-6-26(12-16-9-15(14(2)27)7-8-19(16)29-3)13-22-24-18-11-21(31-5)20(30-4)10-17(18)23(28)25-22/h7-11H,6,12-13H2,1-5H3,(H,24,25,28). The Morgan fingerprint density at radius 3 is 2.29 bits per heavy atom. The number of Topliss-reactive ketones (excluding diaryl/α,β-unsaturated/α-hetero) is 1. The highest BCUT2D eigenvalue weighted by molar-refractivity contribution is 5.94. The third-order valence-corrected chi connectivity index (χ3v) is 5.16. The fourth-order valence-electron chi connectivity index (χ4n) is 3.44. The quantitative estimate of drug-likeness (QED) is 0.526. The summed E-state index contributed by atoms with van der Waals surface area (Å²) in [4.78, 5) is 34.0. The van der Waals surface area contributed by atoms with E-state index in [9.17, 15) is 9.59 Å². The van der Waals surface area contributed by atoms with E-state index in [0.29, 0.717) is 59.2 Å². The van der Waals surface area contributed by atoms with Gasteiger partial charge in [-0.25, -0.2) is 4.98 Å². The van der Waals surface area contributed by atoms with Gasteiger partial charge in [-0.15, -0.1) is 0 Å². The number of hydrogen-bond donors (Lipinski definition) is 1. The topological polar surface area (TPSA) is 93.8 Å². The molecule has 0 saturated heterocycles. The van der Waals surface area contributed by atoms with Crippen LogP contribution in [0.3, 0.4) is 0 Å². The van der Waals surface area contributed by atoms with Gasteiger partial charge in [-0.05, 0) is 37.7 Å². The Bertz CT molecular complexity index is 1160. The van der Waals surface area contributed by atoms with E-state index in [4.69, 9.17) is 14.2 Å². The lowest BCUT2D eigenvalue weighted by Gasteiger charge is -2.21. The van der Waals surface area contributed by atoms with Crippen LogP contribution in [0.25, 0.3) is 10.9 Å². The van der Waals surface area contributed by atoms with Crippen molar-refractivity contribution in [1.29, 1.82) is 0 Å². The lowest BCUT2D eigenvalue weighted by molar-refractivity contribution is 0.101. The molecule has 0 fully saturated rings. The van der Waals surface area contributed by atoms with Gasteiger partial charge in [0.05, 0.1) is 38.8 Å². The first-order valence-electron chi connectivity index (χ1n) is 9.95. The summed E-state index contributed by atoms with van der Waals surface area (Å²) >= 11 is 0. The third kappa shape index (κ3) is 4.86. The Morgan fingerprint density at radius 2 is 1.68 bits per heavy atom. The van der Waals surface area contributed by atoms with Crippen molar-refractivity contribution >= 4 is 16.7 Å². The summed E-state index contributed by atoms with van der Waals surface area (Å²) in [6, 6.07) is 8.72. The van der Waals surface area contributed by atoms with Gasteiger partial charge in [-0.2, -0.15) is 0 Å². The molecule has 3 rings (SSSR count). The minimum atomic E-state index is -0.242. The van der Waals surface area contributed by atoms with E-state index in [1.807, 2.05) is 13.0 Å². The number of ether oxygens (including phenoxy) is 3. The second-order valence-electron chi connectivity index (χ2n) is 7.12. The Labute approximate surface area is 180 Å². The summed E-state index contributed by atoms with van der Waals surface area (Å²) < 4.78 is 16.1. The average Bonchev–Trinajstić information content (AvgIpc) is 2.77. The van der Waals surface area contributed by atoms with E-state index >= 15 is 0 Å². The fraction of sp³-hybridized carbons (Fsp3) is 0.348. The van der Waals surface area contributed by atoms with Crippen LogP contribution in [0.15, 0.2) is 35.1 Å². The zero-order valence-corrected chi connectivity index (χ0v) is 18.4. The normalized spacial score (nSPS) is 11.0. The largest absolute Gasteiger partial charge is 0.496 e. The first-order chi connectivity index (χ1) is 14.9. The maximum absolute atomic E-state index is 12.6. The fourth-order valence-corrected chi connectivity index (χ4v) is 3.44. The zero-order chi connectivity index (χ0) is 22.5. The Kier molecular flexibility index (Phi) is 6.91. The minimum absolute atomic E-state index is 0.00291. The van der Waals surface area contributed by atoms with Gasteiger partial charge in [0.2, 0.25) is 0 Å². The van der Waals surface area contributed by atoms with E-state index in [2.05, 4.69) is 14.9 Å². The van der Waals surface area contributed by atoms with Crippen molar-refractivity contribution in [3.63, 3.8) is 0 Å². The van der Waals surface area contributed by atoms with Crippen LogP contribution in [-0.2, 0) is 13.1 Å². The van der Waals surface area contributed by atoms with Crippen molar-refractivity contribution < 1.29 is 19.0 Å². The number of aromatic amines is 1. The summed E-state index contributed by atoms with van der Waals surface area (Å²) in [5, 5.41) is 0.431. The second-order valence-corrected chi connectivity index (χ2v) is 7.12. The van der Waals surface area contributed by atoms with Crippen molar-refractivity contribution in [2.45, 2.75) is 26.9 Å².